The molecule has 2 amide bonds. The minimum atomic E-state index is -1.40. The first kappa shape index (κ1) is 32.9. The summed E-state index contributed by atoms with van der Waals surface area (Å²) in [7, 11) is 0. The third kappa shape index (κ3) is 10.4. The van der Waals surface area contributed by atoms with Crippen LogP contribution in [0.1, 0.15) is 91.2 Å². The van der Waals surface area contributed by atoms with Crippen LogP contribution in [-0.4, -0.2) is 28.8 Å². The molecule has 1 unspecified atom stereocenters. The third-order valence-corrected chi connectivity index (χ3v) is 6.79. The van der Waals surface area contributed by atoms with Crippen LogP contribution in [0.2, 0.25) is 0 Å². The molecule has 9 heteroatoms. The molecule has 0 aliphatic carbocycles. The molecule has 2 N–H and O–H groups in total. The monoisotopic (exact) mass is 553 g/mol. The van der Waals surface area contributed by atoms with Crippen molar-refractivity contribution in [2.75, 3.05) is 0 Å². The smallest absolute Gasteiger partial charge is 0.256 e. The lowest BCUT2D eigenvalue weighted by Gasteiger charge is -2.34. The molecule has 0 heterocycles. The van der Waals surface area contributed by atoms with E-state index in [1.807, 2.05) is 102 Å². The fourth-order valence-electron chi connectivity index (χ4n) is 3.41. The van der Waals surface area contributed by atoms with Crippen molar-refractivity contribution in [2.45, 2.75) is 97.1 Å². The highest BCUT2D eigenvalue weighted by Gasteiger charge is 2.36. The van der Waals surface area contributed by atoms with Gasteiger partial charge in [-0.05, 0) is 58.6 Å². The summed E-state index contributed by atoms with van der Waals surface area (Å²) in [5.41, 5.74) is 5.30. The Balaban J connectivity index is 2.07. The zero-order chi connectivity index (χ0) is 29.8. The van der Waals surface area contributed by atoms with Gasteiger partial charge in [0.1, 0.15) is 5.92 Å². The topological polar surface area (TPSA) is 119 Å². The number of nitrogens with one attached hydrogen (secondary N) is 2. The van der Waals surface area contributed by atoms with Crippen molar-refractivity contribution in [3.63, 3.8) is 0 Å². The lowest BCUT2D eigenvalue weighted by Crippen LogP contribution is -2.46. The van der Waals surface area contributed by atoms with Crippen molar-refractivity contribution in [3.05, 3.63) is 71.8 Å². The summed E-state index contributed by atoms with van der Waals surface area (Å²) in [5, 5.41) is 9.97. The number of amides is 2. The Labute approximate surface area is 238 Å². The maximum Gasteiger partial charge on any atom is 0.256 e. The fourth-order valence-corrected chi connectivity index (χ4v) is 3.41. The molecule has 0 fully saturated rings. The van der Waals surface area contributed by atoms with Crippen molar-refractivity contribution >= 4 is 11.8 Å². The Bertz CT molecular complexity index is 1060. The number of hydrogen-bond donors (Lipinski definition) is 2. The molecule has 0 saturated heterocycles. The Kier molecular flexibility index (Phi) is 12.3. The minimum absolute atomic E-state index is 0.0621. The molecule has 0 radical (unpaired) electrons. The van der Waals surface area contributed by atoms with Crippen molar-refractivity contribution in [2.24, 2.45) is 5.92 Å². The summed E-state index contributed by atoms with van der Waals surface area (Å²) in [5.74, 6) is -4.13. The molecule has 0 spiro atoms. The summed E-state index contributed by atoms with van der Waals surface area (Å²) in [6.45, 7) is 13.0. The molecule has 218 valence electrons. The standard InChI is InChI=1S/C31H43N3O6/c1-8-29(3,4)37-39-31(7,40-38-30(5,6)9-2)21-20-26(35)33-34-28(36)25(22-32)27(23-16-12-10-13-17-23)24-18-14-11-15-19-24/h10-19,25,27H,8-9,20-21H2,1-7H3,(H,33,35)(H,34,36). The number of hydrogen-bond acceptors (Lipinski definition) is 7. The van der Waals surface area contributed by atoms with E-state index >= 15 is 0 Å². The summed E-state index contributed by atoms with van der Waals surface area (Å²) >= 11 is 0. The highest BCUT2D eigenvalue weighted by Crippen LogP contribution is 2.32. The number of carbonyl (C=O) groups excluding carboxylic acids is 2. The first-order valence-electron chi connectivity index (χ1n) is 13.7. The van der Waals surface area contributed by atoms with Crippen LogP contribution in [0, 0.1) is 17.2 Å². The first-order valence-corrected chi connectivity index (χ1v) is 13.7. The fraction of sp³-hybridized carbons (Fsp3) is 0.516. The maximum absolute atomic E-state index is 13.1. The second-order valence-electron chi connectivity index (χ2n) is 11.1. The summed E-state index contributed by atoms with van der Waals surface area (Å²) in [6.07, 6.45) is 1.35. The summed E-state index contributed by atoms with van der Waals surface area (Å²) in [4.78, 5) is 48.3. The molecule has 9 nitrogen and oxygen atoms in total. The molecule has 2 aromatic rings. The van der Waals surface area contributed by atoms with E-state index in [1.165, 1.54) is 0 Å². The third-order valence-electron chi connectivity index (χ3n) is 6.79. The van der Waals surface area contributed by atoms with Gasteiger partial charge in [0, 0.05) is 18.8 Å². The highest BCUT2D eigenvalue weighted by atomic mass is 17.3. The van der Waals surface area contributed by atoms with Crippen LogP contribution in [0.5, 0.6) is 0 Å². The maximum atomic E-state index is 13.1. The summed E-state index contributed by atoms with van der Waals surface area (Å²) < 4.78 is 0. The normalized spacial score (nSPS) is 13.0. The molecular formula is C31H43N3O6. The van der Waals surface area contributed by atoms with Gasteiger partial charge in [0.05, 0.1) is 17.3 Å². The quantitative estimate of drug-likeness (QED) is 0.161. The van der Waals surface area contributed by atoms with E-state index in [0.29, 0.717) is 12.8 Å². The number of nitriles is 1. The Morgan fingerprint density at radius 2 is 1.23 bits per heavy atom. The number of nitrogens with zero attached hydrogens (tertiary/aromatic N) is 1. The van der Waals surface area contributed by atoms with Crippen molar-refractivity contribution in [1.29, 1.82) is 5.26 Å². The van der Waals surface area contributed by atoms with E-state index in [4.69, 9.17) is 19.6 Å². The Hall–Kier alpha value is -3.29. The van der Waals surface area contributed by atoms with Gasteiger partial charge in [-0.1, -0.05) is 74.5 Å². The van der Waals surface area contributed by atoms with Gasteiger partial charge >= 0.3 is 0 Å². The molecule has 0 aliphatic rings. The molecule has 0 aromatic heterocycles. The lowest BCUT2D eigenvalue weighted by atomic mass is 9.81. The first-order chi connectivity index (χ1) is 18.9. The van der Waals surface area contributed by atoms with Crippen LogP contribution in [0.25, 0.3) is 0 Å². The van der Waals surface area contributed by atoms with Gasteiger partial charge in [-0.2, -0.15) is 15.0 Å². The lowest BCUT2D eigenvalue weighted by molar-refractivity contribution is -0.539. The van der Waals surface area contributed by atoms with Gasteiger partial charge < -0.3 is 0 Å². The minimum Gasteiger partial charge on any atom is -0.273 e. The Morgan fingerprint density at radius 3 is 1.62 bits per heavy atom. The molecule has 0 bridgehead atoms. The molecule has 1 atom stereocenters. The predicted octanol–water partition coefficient (Wildman–Crippen LogP) is 5.88. The van der Waals surface area contributed by atoms with Gasteiger partial charge in [0.25, 0.3) is 5.91 Å². The predicted molar refractivity (Wildman–Crippen MR) is 151 cm³/mol. The van der Waals surface area contributed by atoms with Crippen LogP contribution in [0.15, 0.2) is 60.7 Å². The van der Waals surface area contributed by atoms with E-state index in [-0.39, 0.29) is 12.8 Å². The highest BCUT2D eigenvalue weighted by molar-refractivity contribution is 5.86. The average molecular weight is 554 g/mol. The van der Waals surface area contributed by atoms with Crippen LogP contribution in [0.4, 0.5) is 0 Å². The van der Waals surface area contributed by atoms with Crippen LogP contribution < -0.4 is 10.9 Å². The van der Waals surface area contributed by atoms with Crippen LogP contribution in [0.3, 0.4) is 0 Å². The van der Waals surface area contributed by atoms with Gasteiger partial charge in [-0.15, -0.1) is 0 Å². The molecule has 2 aromatic carbocycles. The van der Waals surface area contributed by atoms with Crippen molar-refractivity contribution in [1.82, 2.24) is 10.9 Å². The van der Waals surface area contributed by atoms with E-state index in [9.17, 15) is 14.9 Å². The van der Waals surface area contributed by atoms with Crippen molar-refractivity contribution in [3.8, 4) is 6.07 Å². The SMILES string of the molecule is CCC(C)(C)OOC(C)(CCC(=O)NNC(=O)C(C#N)C(c1ccccc1)c1ccccc1)OOC(C)(C)CC. The zero-order valence-electron chi connectivity index (χ0n) is 24.7. The number of carbonyl (C=O) groups is 2. The average Bonchev–Trinajstić information content (AvgIpc) is 2.96. The van der Waals surface area contributed by atoms with E-state index < -0.39 is 40.6 Å². The van der Waals surface area contributed by atoms with Crippen molar-refractivity contribution < 1.29 is 29.1 Å². The Morgan fingerprint density at radius 1 is 0.775 bits per heavy atom. The van der Waals surface area contributed by atoms with E-state index in [0.717, 1.165) is 11.1 Å². The van der Waals surface area contributed by atoms with E-state index in [1.54, 1.807) is 6.92 Å². The largest absolute Gasteiger partial charge is 0.273 e. The van der Waals surface area contributed by atoms with Gasteiger partial charge in [0.2, 0.25) is 11.7 Å². The number of benzene rings is 2. The van der Waals surface area contributed by atoms with Gasteiger partial charge in [-0.25, -0.2) is 9.78 Å². The molecule has 0 saturated carbocycles. The second kappa shape index (κ2) is 14.9. The van der Waals surface area contributed by atoms with Gasteiger partial charge in [0.15, 0.2) is 0 Å². The summed E-state index contributed by atoms with van der Waals surface area (Å²) in [6, 6.07) is 20.8. The second-order valence-corrected chi connectivity index (χ2v) is 11.1. The molecule has 2 rings (SSSR count). The zero-order valence-corrected chi connectivity index (χ0v) is 24.7. The number of hydrazine groups is 1. The molecular weight excluding hydrogens is 510 g/mol. The van der Waals surface area contributed by atoms with E-state index in [2.05, 4.69) is 16.9 Å². The van der Waals surface area contributed by atoms with Gasteiger partial charge in [-0.3, -0.25) is 20.4 Å². The number of rotatable bonds is 15. The van der Waals surface area contributed by atoms with Crippen LogP contribution >= 0.6 is 0 Å². The van der Waals surface area contributed by atoms with Crippen LogP contribution in [-0.2, 0) is 29.1 Å². The molecule has 0 aliphatic heterocycles. The molecule has 40 heavy (non-hydrogen) atoms.